The quantitative estimate of drug-likeness (QED) is 0.693. The molecule has 2 rings (SSSR count). The number of aryl methyl sites for hydroxylation is 1. The Hall–Kier alpha value is -1.89. The van der Waals surface area contributed by atoms with Crippen molar-refractivity contribution in [1.29, 1.82) is 0 Å². The van der Waals surface area contributed by atoms with Gasteiger partial charge in [0.05, 0.1) is 25.0 Å². The molecule has 7 nitrogen and oxygen atoms in total. The van der Waals surface area contributed by atoms with Crippen LogP contribution in [0.5, 0.6) is 0 Å². The molecule has 3 N–H and O–H groups in total. The number of hydrogen-bond donors (Lipinski definition) is 2. The van der Waals surface area contributed by atoms with Crippen LogP contribution in [0, 0.1) is 6.92 Å². The first-order valence-electron chi connectivity index (χ1n) is 5.29. The van der Waals surface area contributed by atoms with Crippen molar-refractivity contribution >= 4 is 11.8 Å². The number of nitrogens with two attached hydrogens (primary N) is 1. The molecule has 2 amide bonds. The van der Waals surface area contributed by atoms with Gasteiger partial charge in [0.25, 0.3) is 5.91 Å². The lowest BCUT2D eigenvalue weighted by molar-refractivity contribution is -0.127. The highest BCUT2D eigenvalue weighted by Crippen LogP contribution is 2.13. The van der Waals surface area contributed by atoms with Gasteiger partial charge in [0.15, 0.2) is 0 Å². The molecule has 1 atom stereocenters. The van der Waals surface area contributed by atoms with Crippen molar-refractivity contribution in [3.05, 3.63) is 17.5 Å². The van der Waals surface area contributed by atoms with E-state index in [1.165, 1.54) is 11.1 Å². The minimum atomic E-state index is -0.703. The predicted octanol–water partition coefficient (Wildman–Crippen LogP) is -0.956. The summed E-state index contributed by atoms with van der Waals surface area (Å²) in [6, 6.07) is -0.703. The fraction of sp³-hybridized carbons (Fsp3) is 0.500. The van der Waals surface area contributed by atoms with E-state index >= 15 is 0 Å². The molecule has 17 heavy (non-hydrogen) atoms. The molecular formula is C10H14N4O3. The lowest BCUT2D eigenvalue weighted by Gasteiger charge is -2.33. The third-order valence-corrected chi connectivity index (χ3v) is 2.78. The number of morpholine rings is 1. The van der Waals surface area contributed by atoms with Crippen LogP contribution in [0.2, 0.25) is 0 Å². The first-order valence-corrected chi connectivity index (χ1v) is 5.29. The molecule has 0 radical (unpaired) electrons. The highest BCUT2D eigenvalue weighted by Gasteiger charge is 2.32. The Labute approximate surface area is 97.9 Å². The molecule has 2 heterocycles. The van der Waals surface area contributed by atoms with Gasteiger partial charge in [-0.15, -0.1) is 0 Å². The van der Waals surface area contributed by atoms with E-state index in [9.17, 15) is 9.59 Å². The normalized spacial score (nSPS) is 20.3. The summed E-state index contributed by atoms with van der Waals surface area (Å²) < 4.78 is 5.15. The first kappa shape index (κ1) is 11.6. The third-order valence-electron chi connectivity index (χ3n) is 2.78. The molecule has 0 aromatic carbocycles. The summed E-state index contributed by atoms with van der Waals surface area (Å²) in [5.41, 5.74) is 6.38. The van der Waals surface area contributed by atoms with Crippen molar-refractivity contribution in [3.63, 3.8) is 0 Å². The highest BCUT2D eigenvalue weighted by atomic mass is 16.5. The van der Waals surface area contributed by atoms with Crippen molar-refractivity contribution < 1.29 is 14.3 Å². The largest absolute Gasteiger partial charge is 0.377 e. The van der Waals surface area contributed by atoms with Gasteiger partial charge in [-0.2, -0.15) is 5.10 Å². The molecule has 0 spiro atoms. The smallest absolute Gasteiger partial charge is 0.258 e. The zero-order valence-electron chi connectivity index (χ0n) is 9.47. The molecule has 7 heteroatoms. The van der Waals surface area contributed by atoms with Gasteiger partial charge in [-0.05, 0) is 6.92 Å². The number of primary amides is 1. The van der Waals surface area contributed by atoms with Gasteiger partial charge in [0.1, 0.15) is 6.04 Å². The van der Waals surface area contributed by atoms with E-state index in [1.54, 1.807) is 6.92 Å². The SMILES string of the molecule is Cc1[nH]ncc1C(=O)N1CCOCC1C(N)=O. The Morgan fingerprint density at radius 2 is 2.41 bits per heavy atom. The number of nitrogens with zero attached hydrogens (tertiary/aromatic N) is 2. The average molecular weight is 238 g/mol. The fourth-order valence-corrected chi connectivity index (χ4v) is 1.80. The Balaban J connectivity index is 2.23. The van der Waals surface area contributed by atoms with Crippen LogP contribution in [0.15, 0.2) is 6.20 Å². The van der Waals surface area contributed by atoms with Gasteiger partial charge in [-0.3, -0.25) is 14.7 Å². The maximum absolute atomic E-state index is 12.2. The van der Waals surface area contributed by atoms with Crippen molar-refractivity contribution in [3.8, 4) is 0 Å². The highest BCUT2D eigenvalue weighted by molar-refractivity contribution is 5.98. The molecule has 0 bridgehead atoms. The summed E-state index contributed by atoms with van der Waals surface area (Å²) >= 11 is 0. The second-order valence-electron chi connectivity index (χ2n) is 3.90. The Morgan fingerprint density at radius 1 is 1.65 bits per heavy atom. The van der Waals surface area contributed by atoms with Gasteiger partial charge >= 0.3 is 0 Å². The number of hydrogen-bond acceptors (Lipinski definition) is 4. The minimum absolute atomic E-state index is 0.151. The minimum Gasteiger partial charge on any atom is -0.377 e. The van der Waals surface area contributed by atoms with Crippen LogP contribution < -0.4 is 5.73 Å². The van der Waals surface area contributed by atoms with Gasteiger partial charge in [-0.1, -0.05) is 0 Å². The van der Waals surface area contributed by atoms with Crippen molar-refractivity contribution in [2.24, 2.45) is 5.73 Å². The molecular weight excluding hydrogens is 224 g/mol. The Bertz CT molecular complexity index is 443. The van der Waals surface area contributed by atoms with E-state index in [1.807, 2.05) is 0 Å². The molecule has 0 saturated carbocycles. The summed E-state index contributed by atoms with van der Waals surface area (Å²) in [6.07, 6.45) is 1.45. The molecule has 1 aromatic rings. The zero-order chi connectivity index (χ0) is 12.4. The predicted molar refractivity (Wildman–Crippen MR) is 58.2 cm³/mol. The lowest BCUT2D eigenvalue weighted by Crippen LogP contribution is -2.54. The van der Waals surface area contributed by atoms with E-state index in [-0.39, 0.29) is 12.5 Å². The second-order valence-corrected chi connectivity index (χ2v) is 3.90. The van der Waals surface area contributed by atoms with Gasteiger partial charge in [-0.25, -0.2) is 0 Å². The number of carbonyl (C=O) groups excluding carboxylic acids is 2. The summed E-state index contributed by atoms with van der Waals surface area (Å²) in [4.78, 5) is 24.9. The number of amides is 2. The lowest BCUT2D eigenvalue weighted by atomic mass is 10.1. The summed E-state index contributed by atoms with van der Waals surface area (Å²) in [7, 11) is 0. The molecule has 1 aliphatic heterocycles. The second kappa shape index (κ2) is 4.54. The topological polar surface area (TPSA) is 101 Å². The number of H-pyrrole nitrogens is 1. The number of aromatic amines is 1. The van der Waals surface area contributed by atoms with Crippen LogP contribution in [0.4, 0.5) is 0 Å². The van der Waals surface area contributed by atoms with E-state index in [2.05, 4.69) is 10.2 Å². The van der Waals surface area contributed by atoms with Crippen LogP contribution >= 0.6 is 0 Å². The molecule has 1 aromatic heterocycles. The van der Waals surface area contributed by atoms with Crippen LogP contribution in [0.1, 0.15) is 16.1 Å². The van der Waals surface area contributed by atoms with Gasteiger partial charge < -0.3 is 15.4 Å². The number of aromatic nitrogens is 2. The number of carbonyl (C=O) groups is 2. The molecule has 1 saturated heterocycles. The van der Waals surface area contributed by atoms with E-state index in [0.29, 0.717) is 24.4 Å². The van der Waals surface area contributed by atoms with Crippen LogP contribution in [0.3, 0.4) is 0 Å². The molecule has 92 valence electrons. The molecule has 1 unspecified atom stereocenters. The Morgan fingerprint density at radius 3 is 3.00 bits per heavy atom. The van der Waals surface area contributed by atoms with Crippen LogP contribution in [0.25, 0.3) is 0 Å². The maximum Gasteiger partial charge on any atom is 0.258 e. The average Bonchev–Trinajstić information content (AvgIpc) is 2.74. The fourth-order valence-electron chi connectivity index (χ4n) is 1.80. The van der Waals surface area contributed by atoms with Crippen LogP contribution in [-0.4, -0.2) is 52.7 Å². The first-order chi connectivity index (χ1) is 8.11. The standard InChI is InChI=1S/C10H14N4O3/c1-6-7(4-12-13-6)10(16)14-2-3-17-5-8(14)9(11)15/h4,8H,2-3,5H2,1H3,(H2,11,15)(H,12,13). The van der Waals surface area contributed by atoms with Gasteiger partial charge in [0.2, 0.25) is 5.91 Å². The summed E-state index contributed by atoms with van der Waals surface area (Å²) in [5, 5.41) is 6.48. The van der Waals surface area contributed by atoms with Crippen molar-refractivity contribution in [2.75, 3.05) is 19.8 Å². The third kappa shape index (κ3) is 2.14. The van der Waals surface area contributed by atoms with Crippen molar-refractivity contribution in [1.82, 2.24) is 15.1 Å². The number of rotatable bonds is 2. The van der Waals surface area contributed by atoms with E-state index < -0.39 is 11.9 Å². The maximum atomic E-state index is 12.2. The molecule has 1 fully saturated rings. The van der Waals surface area contributed by atoms with Gasteiger partial charge in [0, 0.05) is 12.2 Å². The van der Waals surface area contributed by atoms with E-state index in [0.717, 1.165) is 0 Å². The summed E-state index contributed by atoms with van der Waals surface area (Å²) in [5.74, 6) is -0.803. The monoisotopic (exact) mass is 238 g/mol. The van der Waals surface area contributed by atoms with Crippen LogP contribution in [-0.2, 0) is 9.53 Å². The van der Waals surface area contributed by atoms with E-state index in [4.69, 9.17) is 10.5 Å². The number of ether oxygens (including phenoxy) is 1. The van der Waals surface area contributed by atoms with Crippen molar-refractivity contribution in [2.45, 2.75) is 13.0 Å². The number of nitrogens with one attached hydrogen (secondary N) is 1. The molecule has 1 aliphatic rings. The Kier molecular flexibility index (Phi) is 3.10. The zero-order valence-corrected chi connectivity index (χ0v) is 9.47. The summed E-state index contributed by atoms with van der Waals surface area (Å²) in [6.45, 7) is 2.67. The molecule has 0 aliphatic carbocycles.